The third kappa shape index (κ3) is 3.23. The quantitative estimate of drug-likeness (QED) is 0.585. The van der Waals surface area contributed by atoms with E-state index in [9.17, 15) is 4.79 Å². The van der Waals surface area contributed by atoms with Crippen molar-refractivity contribution >= 4 is 45.5 Å². The van der Waals surface area contributed by atoms with Crippen LogP contribution in [0.15, 0.2) is 63.7 Å². The molecule has 0 bridgehead atoms. The highest BCUT2D eigenvalue weighted by Crippen LogP contribution is 2.21. The van der Waals surface area contributed by atoms with Gasteiger partial charge in [-0.1, -0.05) is 39.7 Å². The van der Waals surface area contributed by atoms with Gasteiger partial charge in [-0.3, -0.25) is 0 Å². The van der Waals surface area contributed by atoms with E-state index >= 15 is 0 Å². The molecule has 2 aromatic rings. The Hall–Kier alpha value is -1.91. The molecule has 104 valence electrons. The first kappa shape index (κ1) is 14.0. The van der Waals surface area contributed by atoms with Crippen LogP contribution in [0.3, 0.4) is 0 Å². The molecule has 3 nitrogen and oxygen atoms in total. The number of nitrogens with zero attached hydrogens (tertiary/aromatic N) is 1. The van der Waals surface area contributed by atoms with E-state index in [1.807, 2.05) is 36.4 Å². The van der Waals surface area contributed by atoms with Crippen LogP contribution in [0.1, 0.15) is 11.1 Å². The molecule has 0 saturated heterocycles. The van der Waals surface area contributed by atoms with Gasteiger partial charge in [-0.2, -0.15) is 0 Å². The van der Waals surface area contributed by atoms with Crippen LogP contribution in [0.5, 0.6) is 0 Å². The zero-order chi connectivity index (χ0) is 14.8. The van der Waals surface area contributed by atoms with Gasteiger partial charge in [0.25, 0.3) is 0 Å². The number of hydrogen-bond donors (Lipinski definition) is 0. The van der Waals surface area contributed by atoms with Gasteiger partial charge in [0, 0.05) is 15.1 Å². The van der Waals surface area contributed by atoms with E-state index in [-0.39, 0.29) is 5.70 Å². The van der Waals surface area contributed by atoms with Crippen LogP contribution in [0.4, 0.5) is 0 Å². The number of cyclic esters (lactones) is 1. The van der Waals surface area contributed by atoms with Crippen LogP contribution in [-0.4, -0.2) is 11.9 Å². The lowest BCUT2D eigenvalue weighted by Gasteiger charge is -1.98. The predicted molar refractivity (Wildman–Crippen MR) is 86.2 cm³/mol. The van der Waals surface area contributed by atoms with E-state index in [0.29, 0.717) is 10.9 Å². The minimum Gasteiger partial charge on any atom is -0.402 e. The van der Waals surface area contributed by atoms with E-state index in [2.05, 4.69) is 20.9 Å². The number of rotatable bonds is 2. The zero-order valence-electron chi connectivity index (χ0n) is 10.7. The fourth-order valence-corrected chi connectivity index (χ4v) is 2.34. The summed E-state index contributed by atoms with van der Waals surface area (Å²) in [6, 6.07) is 14.6. The van der Waals surface area contributed by atoms with Gasteiger partial charge in [-0.05, 0) is 48.0 Å². The van der Waals surface area contributed by atoms with Crippen LogP contribution < -0.4 is 0 Å². The second-order valence-corrected chi connectivity index (χ2v) is 5.75. The number of halogens is 2. The van der Waals surface area contributed by atoms with E-state index in [0.717, 1.165) is 15.6 Å². The molecule has 0 aromatic heterocycles. The van der Waals surface area contributed by atoms with Gasteiger partial charge in [-0.15, -0.1) is 0 Å². The molecule has 21 heavy (non-hydrogen) atoms. The van der Waals surface area contributed by atoms with E-state index in [1.54, 1.807) is 18.2 Å². The van der Waals surface area contributed by atoms with Gasteiger partial charge in [-0.25, -0.2) is 9.79 Å². The van der Waals surface area contributed by atoms with Crippen molar-refractivity contribution in [1.82, 2.24) is 0 Å². The van der Waals surface area contributed by atoms with Crippen molar-refractivity contribution in [3.8, 4) is 0 Å². The number of esters is 1. The molecule has 0 saturated carbocycles. The van der Waals surface area contributed by atoms with Crippen LogP contribution in [0.25, 0.3) is 6.08 Å². The smallest absolute Gasteiger partial charge is 0.363 e. The first-order valence-electron chi connectivity index (χ1n) is 6.16. The van der Waals surface area contributed by atoms with Gasteiger partial charge in [0.1, 0.15) is 0 Å². The fraction of sp³-hybridized carbons (Fsp3) is 0. The van der Waals surface area contributed by atoms with Crippen LogP contribution in [0.2, 0.25) is 5.02 Å². The monoisotopic (exact) mass is 361 g/mol. The van der Waals surface area contributed by atoms with Gasteiger partial charge >= 0.3 is 5.97 Å². The normalized spacial score (nSPS) is 16.0. The molecule has 5 heteroatoms. The Balaban J connectivity index is 1.93. The average molecular weight is 363 g/mol. The molecule has 0 spiro atoms. The van der Waals surface area contributed by atoms with Crippen molar-refractivity contribution in [3.05, 3.63) is 74.9 Å². The summed E-state index contributed by atoms with van der Waals surface area (Å²) in [5, 5.41) is 0.604. The molecular weight excluding hydrogens is 354 g/mol. The van der Waals surface area contributed by atoms with Crippen LogP contribution >= 0.6 is 27.5 Å². The molecule has 0 radical (unpaired) electrons. The highest BCUT2D eigenvalue weighted by atomic mass is 79.9. The summed E-state index contributed by atoms with van der Waals surface area (Å²) in [7, 11) is 0. The lowest BCUT2D eigenvalue weighted by atomic mass is 10.2. The highest BCUT2D eigenvalue weighted by Gasteiger charge is 2.23. The molecule has 2 aromatic carbocycles. The van der Waals surface area contributed by atoms with Crippen molar-refractivity contribution in [2.45, 2.75) is 0 Å². The molecule has 1 heterocycles. The van der Waals surface area contributed by atoms with Crippen LogP contribution in [0, 0.1) is 0 Å². The summed E-state index contributed by atoms with van der Waals surface area (Å²) in [5.41, 5.74) is 1.81. The summed E-state index contributed by atoms with van der Waals surface area (Å²) in [5.74, 6) is -0.159. The summed E-state index contributed by atoms with van der Waals surface area (Å²) < 4.78 is 6.15. The first-order chi connectivity index (χ1) is 10.1. The molecule has 0 aliphatic carbocycles. The van der Waals surface area contributed by atoms with E-state index in [1.165, 1.54) is 0 Å². The Bertz CT molecular complexity index is 766. The number of aliphatic imine (C=N–C) groups is 1. The largest absolute Gasteiger partial charge is 0.402 e. The summed E-state index contributed by atoms with van der Waals surface area (Å²) in [6.07, 6.45) is 1.65. The molecule has 1 aliphatic rings. The second kappa shape index (κ2) is 5.84. The van der Waals surface area contributed by atoms with Crippen molar-refractivity contribution < 1.29 is 9.53 Å². The topological polar surface area (TPSA) is 38.7 Å². The molecule has 0 atom stereocenters. The van der Waals surface area contributed by atoms with Crippen molar-refractivity contribution in [2.24, 2.45) is 4.99 Å². The van der Waals surface area contributed by atoms with Crippen molar-refractivity contribution in [3.63, 3.8) is 0 Å². The number of hydrogen-bond acceptors (Lipinski definition) is 3. The Kier molecular flexibility index (Phi) is 3.90. The van der Waals surface area contributed by atoms with Gasteiger partial charge in [0.2, 0.25) is 5.90 Å². The molecule has 0 unspecified atom stereocenters. The maximum Gasteiger partial charge on any atom is 0.363 e. The fourth-order valence-electron chi connectivity index (χ4n) is 1.88. The molecule has 0 fully saturated rings. The first-order valence-corrected chi connectivity index (χ1v) is 7.33. The van der Waals surface area contributed by atoms with Gasteiger partial charge in [0.15, 0.2) is 5.70 Å². The Morgan fingerprint density at radius 1 is 1.14 bits per heavy atom. The average Bonchev–Trinajstić information content (AvgIpc) is 2.81. The van der Waals surface area contributed by atoms with Crippen molar-refractivity contribution in [2.75, 3.05) is 0 Å². The summed E-state index contributed by atoms with van der Waals surface area (Å²) in [4.78, 5) is 16.1. The number of carbonyl (C=O) groups is 1. The summed E-state index contributed by atoms with van der Waals surface area (Å²) in [6.45, 7) is 0. The third-order valence-corrected chi connectivity index (χ3v) is 3.63. The molecule has 1 aliphatic heterocycles. The van der Waals surface area contributed by atoms with Crippen LogP contribution in [-0.2, 0) is 9.53 Å². The van der Waals surface area contributed by atoms with Crippen molar-refractivity contribution in [1.29, 1.82) is 0 Å². The molecule has 0 N–H and O–H groups in total. The number of benzene rings is 2. The predicted octanol–water partition coefficient (Wildman–Crippen LogP) is 4.45. The highest BCUT2D eigenvalue weighted by molar-refractivity contribution is 9.10. The zero-order valence-corrected chi connectivity index (χ0v) is 13.1. The molecule has 3 rings (SSSR count). The summed E-state index contributed by atoms with van der Waals surface area (Å²) >= 11 is 9.28. The lowest BCUT2D eigenvalue weighted by Crippen LogP contribution is -2.05. The maximum absolute atomic E-state index is 11.9. The van der Waals surface area contributed by atoms with E-state index < -0.39 is 5.97 Å². The third-order valence-electron chi connectivity index (χ3n) is 2.86. The maximum atomic E-state index is 11.9. The molecular formula is C16H9BrClNO2. The van der Waals surface area contributed by atoms with Gasteiger partial charge in [0.05, 0.1) is 0 Å². The minimum absolute atomic E-state index is 0.259. The standard InChI is InChI=1S/C16H9BrClNO2/c17-12-6-4-11(5-7-12)15-19-14(16(20)21-15)9-10-2-1-3-13(18)8-10/h1-9H. The van der Waals surface area contributed by atoms with Gasteiger partial charge < -0.3 is 4.74 Å². The minimum atomic E-state index is -0.465. The second-order valence-electron chi connectivity index (χ2n) is 4.40. The SMILES string of the molecule is O=C1OC(c2ccc(Br)cc2)=NC1=Cc1cccc(Cl)c1. The Morgan fingerprint density at radius 2 is 1.90 bits per heavy atom. The number of carbonyl (C=O) groups excluding carboxylic acids is 1. The Labute approximate surface area is 135 Å². The molecule has 0 amide bonds. The Morgan fingerprint density at radius 3 is 2.62 bits per heavy atom. The lowest BCUT2D eigenvalue weighted by molar-refractivity contribution is -0.129. The number of ether oxygens (including phenoxy) is 1. The van der Waals surface area contributed by atoms with E-state index in [4.69, 9.17) is 16.3 Å².